The number of hydrogen-bond donors (Lipinski definition) is 2. The maximum Gasteiger partial charge on any atom is 0.288 e. The van der Waals surface area contributed by atoms with Gasteiger partial charge >= 0.3 is 0 Å². The fraction of sp³-hybridized carbons (Fsp3) is 0.214. The van der Waals surface area contributed by atoms with Gasteiger partial charge in [-0.05, 0) is 24.3 Å². The number of carbonyl (C=O) groups is 1. The number of nitrogens with one attached hydrogen (secondary N) is 1. The molecule has 0 atom stereocenters. The highest BCUT2D eigenvalue weighted by Gasteiger charge is 2.12. The van der Waals surface area contributed by atoms with Crippen LogP contribution in [0.15, 0.2) is 47.0 Å². The van der Waals surface area contributed by atoms with Gasteiger partial charge in [-0.1, -0.05) is 29.6 Å². The van der Waals surface area contributed by atoms with Crippen LogP contribution in [0.25, 0.3) is 0 Å². The first-order chi connectivity index (χ1) is 11.5. The molecule has 128 valence electrons. The molecule has 0 aliphatic heterocycles. The van der Waals surface area contributed by atoms with Crippen molar-refractivity contribution in [3.8, 4) is 0 Å². The van der Waals surface area contributed by atoms with Crippen LogP contribution in [0, 0.1) is 0 Å². The summed E-state index contributed by atoms with van der Waals surface area (Å²) >= 11 is 1.65. The zero-order chi connectivity index (χ0) is 17.5. The van der Waals surface area contributed by atoms with Crippen molar-refractivity contribution in [2.45, 2.75) is 22.4 Å². The largest absolute Gasteiger partial charge is 0.368 e. The van der Waals surface area contributed by atoms with E-state index in [0.717, 1.165) is 0 Å². The molecule has 1 amide bonds. The van der Waals surface area contributed by atoms with Crippen LogP contribution in [0.2, 0.25) is 0 Å². The van der Waals surface area contributed by atoms with Crippen molar-refractivity contribution in [1.82, 2.24) is 14.8 Å². The first-order valence-corrected chi connectivity index (χ1v) is 8.63. The van der Waals surface area contributed by atoms with Crippen LogP contribution < -0.4 is 11.1 Å². The summed E-state index contributed by atoms with van der Waals surface area (Å²) < 4.78 is 26.1. The van der Waals surface area contributed by atoms with E-state index in [4.69, 9.17) is 5.73 Å². The number of amides is 1. The summed E-state index contributed by atoms with van der Waals surface area (Å²) in [5.41, 5.74) is 6.21. The first kappa shape index (κ1) is 18.3. The minimum absolute atomic E-state index is 0.114. The van der Waals surface area contributed by atoms with Gasteiger partial charge in [0, 0.05) is 17.1 Å². The lowest BCUT2D eigenvalue weighted by Crippen LogP contribution is -2.14. The number of aromatic nitrogens is 3. The molecule has 0 radical (unpaired) electrons. The predicted molar refractivity (Wildman–Crippen MR) is 92.3 cm³/mol. The van der Waals surface area contributed by atoms with Crippen LogP contribution in [0.1, 0.15) is 0 Å². The molecule has 0 unspecified atom stereocenters. The summed E-state index contributed by atoms with van der Waals surface area (Å²) in [7, 11) is 0. The van der Waals surface area contributed by atoms with E-state index in [2.05, 4.69) is 22.1 Å². The number of nitrogens with zero attached hydrogens (tertiary/aromatic N) is 3. The Labute approximate surface area is 145 Å². The van der Waals surface area contributed by atoms with Gasteiger partial charge in [0.2, 0.25) is 11.9 Å². The summed E-state index contributed by atoms with van der Waals surface area (Å²) in [4.78, 5) is 12.4. The van der Waals surface area contributed by atoms with Crippen LogP contribution >= 0.6 is 23.5 Å². The molecule has 0 fully saturated rings. The Kier molecular flexibility index (Phi) is 6.62. The molecule has 0 aliphatic carbocycles. The molecule has 1 heterocycles. The average Bonchev–Trinajstić information content (AvgIpc) is 2.88. The molecule has 10 heteroatoms. The molecular formula is C14H15F2N5OS2. The molecule has 0 saturated heterocycles. The molecule has 2 rings (SSSR count). The van der Waals surface area contributed by atoms with Gasteiger partial charge in [-0.2, -0.15) is 8.78 Å². The smallest absolute Gasteiger partial charge is 0.288 e. The lowest BCUT2D eigenvalue weighted by atomic mass is 10.3. The normalized spacial score (nSPS) is 10.8. The number of alkyl halides is 2. The van der Waals surface area contributed by atoms with Crippen LogP contribution in [0.4, 0.5) is 20.4 Å². The van der Waals surface area contributed by atoms with Crippen LogP contribution in [0.3, 0.4) is 0 Å². The van der Waals surface area contributed by atoms with Gasteiger partial charge in [0.15, 0.2) is 5.16 Å². The van der Waals surface area contributed by atoms with E-state index in [-0.39, 0.29) is 17.6 Å². The maximum absolute atomic E-state index is 12.2. The molecule has 0 spiro atoms. The van der Waals surface area contributed by atoms with Crippen molar-refractivity contribution in [2.75, 3.05) is 16.8 Å². The summed E-state index contributed by atoms with van der Waals surface area (Å²) in [5.74, 6) is -2.35. The van der Waals surface area contributed by atoms with E-state index in [1.165, 1.54) is 23.9 Å². The van der Waals surface area contributed by atoms with Crippen molar-refractivity contribution in [3.63, 3.8) is 0 Å². The summed E-state index contributed by atoms with van der Waals surface area (Å²) in [6.07, 6.45) is 1.66. The Hall–Kier alpha value is -2.07. The second kappa shape index (κ2) is 8.69. The molecule has 6 nitrogen and oxygen atoms in total. The number of nitrogen functional groups attached to an aromatic ring is 1. The zero-order valence-electron chi connectivity index (χ0n) is 12.5. The van der Waals surface area contributed by atoms with Crippen molar-refractivity contribution in [3.05, 3.63) is 36.9 Å². The number of hydrogen-bond acceptors (Lipinski definition) is 6. The molecule has 1 aromatic carbocycles. The molecule has 2 aromatic rings. The fourth-order valence-corrected chi connectivity index (χ4v) is 3.01. The van der Waals surface area contributed by atoms with Crippen LogP contribution in [-0.4, -0.2) is 32.2 Å². The van der Waals surface area contributed by atoms with Crippen LogP contribution in [0.5, 0.6) is 0 Å². The highest BCUT2D eigenvalue weighted by molar-refractivity contribution is 8.00. The molecule has 0 aliphatic rings. The Morgan fingerprint density at radius 2 is 2.08 bits per heavy atom. The quantitative estimate of drug-likeness (QED) is 0.548. The molecule has 0 saturated carbocycles. The third-order valence-electron chi connectivity index (χ3n) is 2.75. The number of rotatable bonds is 8. The van der Waals surface area contributed by atoms with E-state index in [1.807, 2.05) is 0 Å². The Bertz CT molecular complexity index is 706. The Morgan fingerprint density at radius 3 is 2.71 bits per heavy atom. The minimum Gasteiger partial charge on any atom is -0.368 e. The summed E-state index contributed by atoms with van der Waals surface area (Å²) in [6, 6.07) is 6.21. The number of allylic oxidation sites excluding steroid dienone is 1. The van der Waals surface area contributed by atoms with Crippen molar-refractivity contribution in [2.24, 2.45) is 0 Å². The Balaban J connectivity index is 1.88. The second-order valence-electron chi connectivity index (χ2n) is 4.48. The van der Waals surface area contributed by atoms with Crippen LogP contribution in [-0.2, 0) is 11.3 Å². The lowest BCUT2D eigenvalue weighted by Gasteiger charge is -2.07. The number of nitrogens with two attached hydrogens (primary N) is 1. The van der Waals surface area contributed by atoms with E-state index in [1.54, 1.807) is 22.8 Å². The third-order valence-corrected chi connectivity index (χ3v) is 4.44. The van der Waals surface area contributed by atoms with Gasteiger partial charge in [0.25, 0.3) is 5.76 Å². The summed E-state index contributed by atoms with van der Waals surface area (Å²) in [5, 5.41) is 10.9. The molecule has 3 N–H and O–H groups in total. The lowest BCUT2D eigenvalue weighted by molar-refractivity contribution is -0.113. The Morgan fingerprint density at radius 1 is 1.38 bits per heavy atom. The van der Waals surface area contributed by atoms with Crippen molar-refractivity contribution < 1.29 is 13.6 Å². The van der Waals surface area contributed by atoms with E-state index < -0.39 is 5.76 Å². The molecule has 24 heavy (non-hydrogen) atoms. The first-order valence-electron chi connectivity index (χ1n) is 6.76. The number of anilines is 2. The molecule has 0 bridgehead atoms. The average molecular weight is 371 g/mol. The number of thioether (sulfide) groups is 2. The maximum atomic E-state index is 12.2. The monoisotopic (exact) mass is 371 g/mol. The predicted octanol–water partition coefficient (Wildman–Crippen LogP) is 3.09. The van der Waals surface area contributed by atoms with Gasteiger partial charge < -0.3 is 11.1 Å². The van der Waals surface area contributed by atoms with Gasteiger partial charge in [-0.25, -0.2) is 0 Å². The number of benzene rings is 1. The number of carbonyl (C=O) groups excluding carboxylic acids is 1. The number of halogens is 2. The standard InChI is InChI=1S/C14H15F2N5OS2/c1-2-7-21-13(17)19-20-14(21)23-8-11(22)18-9-3-5-10(6-4-9)24-12(15)16/h2-6,12H,1,7-8H2,(H2,17,19)(H,18,22). The highest BCUT2D eigenvalue weighted by Crippen LogP contribution is 2.26. The zero-order valence-corrected chi connectivity index (χ0v) is 14.1. The van der Waals surface area contributed by atoms with Gasteiger partial charge in [-0.3, -0.25) is 9.36 Å². The molecule has 1 aromatic heterocycles. The molecular weight excluding hydrogens is 356 g/mol. The van der Waals surface area contributed by atoms with E-state index in [0.29, 0.717) is 34.0 Å². The van der Waals surface area contributed by atoms with Gasteiger partial charge in [-0.15, -0.1) is 16.8 Å². The van der Waals surface area contributed by atoms with E-state index in [9.17, 15) is 13.6 Å². The third kappa shape index (κ3) is 5.24. The van der Waals surface area contributed by atoms with Crippen molar-refractivity contribution in [1.29, 1.82) is 0 Å². The summed E-state index contributed by atoms with van der Waals surface area (Å²) in [6.45, 7) is 4.08. The highest BCUT2D eigenvalue weighted by atomic mass is 32.2. The van der Waals surface area contributed by atoms with Gasteiger partial charge in [0.05, 0.1) is 5.75 Å². The fourth-order valence-electron chi connectivity index (χ4n) is 1.75. The van der Waals surface area contributed by atoms with E-state index >= 15 is 0 Å². The van der Waals surface area contributed by atoms with Gasteiger partial charge in [0.1, 0.15) is 0 Å². The second-order valence-corrected chi connectivity index (χ2v) is 6.49. The topological polar surface area (TPSA) is 85.8 Å². The van der Waals surface area contributed by atoms with Crippen molar-refractivity contribution >= 4 is 41.1 Å². The minimum atomic E-state index is -2.47. The SMILES string of the molecule is C=CCn1c(N)nnc1SCC(=O)Nc1ccc(SC(F)F)cc1.